The van der Waals surface area contributed by atoms with Crippen LogP contribution in [-0.2, 0) is 13.6 Å². The summed E-state index contributed by atoms with van der Waals surface area (Å²) in [4.78, 5) is 8.08. The van der Waals surface area contributed by atoms with Gasteiger partial charge in [0.1, 0.15) is 5.69 Å². The second-order valence-corrected chi connectivity index (χ2v) is 7.59. The second kappa shape index (κ2) is 6.49. The Labute approximate surface area is 146 Å². The van der Waals surface area contributed by atoms with Crippen LogP contribution in [0.2, 0.25) is 0 Å². The molecule has 0 fully saturated rings. The van der Waals surface area contributed by atoms with Gasteiger partial charge in [0.2, 0.25) is 5.89 Å². The van der Waals surface area contributed by atoms with Gasteiger partial charge in [0.05, 0.1) is 23.3 Å². The highest BCUT2D eigenvalue weighted by molar-refractivity contribution is 7.11. The lowest BCUT2D eigenvalue weighted by Gasteiger charge is -2.22. The van der Waals surface area contributed by atoms with Crippen molar-refractivity contribution >= 4 is 11.3 Å². The molecule has 0 spiro atoms. The van der Waals surface area contributed by atoms with Crippen molar-refractivity contribution < 1.29 is 4.42 Å². The Balaban J connectivity index is 1.74. The van der Waals surface area contributed by atoms with Gasteiger partial charge in [-0.3, -0.25) is 4.90 Å². The van der Waals surface area contributed by atoms with Gasteiger partial charge < -0.3 is 8.98 Å². The van der Waals surface area contributed by atoms with Crippen molar-refractivity contribution in [3.63, 3.8) is 0 Å². The smallest absolute Gasteiger partial charge is 0.264 e. The predicted molar refractivity (Wildman–Crippen MR) is 94.9 cm³/mol. The first-order valence-corrected chi connectivity index (χ1v) is 8.77. The molecule has 0 radical (unpaired) electrons. The Morgan fingerprint density at radius 2 is 2.00 bits per heavy atom. The summed E-state index contributed by atoms with van der Waals surface area (Å²) in [6.07, 6.45) is 0. The highest BCUT2D eigenvalue weighted by Crippen LogP contribution is 2.27. The molecule has 0 amide bonds. The molecule has 6 nitrogen and oxygen atoms in total. The molecular formula is C17H23N5OS. The number of aryl methyl sites for hydroxylation is 3. The summed E-state index contributed by atoms with van der Waals surface area (Å²) in [5.41, 5.74) is 3.22. The molecule has 0 aromatic carbocycles. The summed E-state index contributed by atoms with van der Waals surface area (Å²) in [5, 5.41) is 9.49. The monoisotopic (exact) mass is 345 g/mol. The van der Waals surface area contributed by atoms with Crippen LogP contribution in [0.5, 0.6) is 0 Å². The van der Waals surface area contributed by atoms with Gasteiger partial charge in [-0.05, 0) is 46.9 Å². The summed E-state index contributed by atoms with van der Waals surface area (Å²) >= 11 is 1.73. The average Bonchev–Trinajstić information content (AvgIpc) is 3.20. The largest absolute Gasteiger partial charge is 0.418 e. The van der Waals surface area contributed by atoms with Crippen LogP contribution in [-0.4, -0.2) is 31.7 Å². The van der Waals surface area contributed by atoms with Gasteiger partial charge in [0.15, 0.2) is 0 Å². The van der Waals surface area contributed by atoms with E-state index in [0.29, 0.717) is 18.3 Å². The molecule has 0 aliphatic rings. The van der Waals surface area contributed by atoms with Gasteiger partial charge in [0, 0.05) is 17.6 Å². The molecule has 7 heteroatoms. The van der Waals surface area contributed by atoms with Crippen molar-refractivity contribution in [2.75, 3.05) is 7.05 Å². The minimum Gasteiger partial charge on any atom is -0.418 e. The maximum Gasteiger partial charge on any atom is 0.264 e. The zero-order chi connectivity index (χ0) is 17.4. The van der Waals surface area contributed by atoms with E-state index in [2.05, 4.69) is 47.9 Å². The summed E-state index contributed by atoms with van der Waals surface area (Å²) in [7, 11) is 4.05. The van der Waals surface area contributed by atoms with Gasteiger partial charge in [-0.1, -0.05) is 0 Å². The summed E-state index contributed by atoms with van der Waals surface area (Å²) < 4.78 is 7.90. The van der Waals surface area contributed by atoms with Crippen molar-refractivity contribution in [1.29, 1.82) is 0 Å². The molecule has 0 N–H and O–H groups in total. The quantitative estimate of drug-likeness (QED) is 0.706. The summed E-state index contributed by atoms with van der Waals surface area (Å²) in [6, 6.07) is 4.24. The Morgan fingerprint density at radius 1 is 1.25 bits per heavy atom. The third kappa shape index (κ3) is 3.14. The van der Waals surface area contributed by atoms with E-state index in [4.69, 9.17) is 4.42 Å². The van der Waals surface area contributed by atoms with Crippen LogP contribution in [0, 0.1) is 20.8 Å². The lowest BCUT2D eigenvalue weighted by Crippen LogP contribution is -2.23. The van der Waals surface area contributed by atoms with Gasteiger partial charge in [-0.15, -0.1) is 21.5 Å². The van der Waals surface area contributed by atoms with E-state index in [0.717, 1.165) is 22.1 Å². The first-order valence-electron chi connectivity index (χ1n) is 7.96. The van der Waals surface area contributed by atoms with E-state index in [9.17, 15) is 0 Å². The zero-order valence-electron chi connectivity index (χ0n) is 15.0. The molecule has 1 unspecified atom stereocenters. The fourth-order valence-corrected chi connectivity index (χ4v) is 3.65. The Hall–Kier alpha value is -1.99. The van der Waals surface area contributed by atoms with Crippen molar-refractivity contribution in [2.45, 2.75) is 40.3 Å². The predicted octanol–water partition coefficient (Wildman–Crippen LogP) is 3.65. The molecule has 0 aliphatic carbocycles. The Kier molecular flexibility index (Phi) is 4.56. The van der Waals surface area contributed by atoms with Crippen molar-refractivity contribution in [3.8, 4) is 11.6 Å². The van der Waals surface area contributed by atoms with Crippen LogP contribution < -0.4 is 0 Å². The van der Waals surface area contributed by atoms with Gasteiger partial charge in [-0.25, -0.2) is 4.98 Å². The molecular weight excluding hydrogens is 322 g/mol. The van der Waals surface area contributed by atoms with E-state index in [-0.39, 0.29) is 6.04 Å². The van der Waals surface area contributed by atoms with Crippen LogP contribution >= 0.6 is 11.3 Å². The summed E-state index contributed by atoms with van der Waals surface area (Å²) in [6.45, 7) is 8.95. The first-order chi connectivity index (χ1) is 11.4. The van der Waals surface area contributed by atoms with E-state index in [1.807, 2.05) is 30.7 Å². The van der Waals surface area contributed by atoms with Crippen molar-refractivity contribution in [3.05, 3.63) is 39.3 Å². The van der Waals surface area contributed by atoms with E-state index >= 15 is 0 Å². The van der Waals surface area contributed by atoms with Crippen molar-refractivity contribution in [1.82, 2.24) is 24.6 Å². The lowest BCUT2D eigenvalue weighted by atomic mass is 10.2. The topological polar surface area (TPSA) is 60.0 Å². The molecule has 3 heterocycles. The first kappa shape index (κ1) is 16.9. The molecule has 0 bridgehead atoms. The van der Waals surface area contributed by atoms with E-state index < -0.39 is 0 Å². The third-order valence-corrected chi connectivity index (χ3v) is 5.34. The van der Waals surface area contributed by atoms with E-state index in [1.165, 1.54) is 4.88 Å². The molecule has 1 atom stereocenters. The molecule has 3 aromatic heterocycles. The Bertz CT molecular complexity index is 847. The fraction of sp³-hybridized carbons (Fsp3) is 0.471. The number of hydrogen-bond acceptors (Lipinski definition) is 6. The number of aromatic nitrogens is 4. The maximum atomic E-state index is 5.85. The minimum absolute atomic E-state index is 0.197. The van der Waals surface area contributed by atoms with Crippen LogP contribution in [0.15, 0.2) is 16.5 Å². The van der Waals surface area contributed by atoms with Crippen LogP contribution in [0.25, 0.3) is 11.6 Å². The van der Waals surface area contributed by atoms with Crippen LogP contribution in [0.3, 0.4) is 0 Å². The number of rotatable bonds is 5. The lowest BCUT2D eigenvalue weighted by molar-refractivity contribution is 0.225. The zero-order valence-corrected chi connectivity index (χ0v) is 15.8. The van der Waals surface area contributed by atoms with Crippen molar-refractivity contribution in [2.24, 2.45) is 7.05 Å². The Morgan fingerprint density at radius 3 is 2.58 bits per heavy atom. The van der Waals surface area contributed by atoms with Crippen LogP contribution in [0.4, 0.5) is 0 Å². The molecule has 0 saturated carbocycles. The molecule has 0 saturated heterocycles. The SMILES string of the molecule is Cc1nc(C(C)N(C)Cc2nnc(-c3ccc(C)n3C)o2)c(C)s1. The molecule has 3 aromatic rings. The molecule has 0 aliphatic heterocycles. The molecule has 3 rings (SSSR count). The molecule has 128 valence electrons. The summed E-state index contributed by atoms with van der Waals surface area (Å²) in [5.74, 6) is 1.17. The number of nitrogens with zero attached hydrogens (tertiary/aromatic N) is 5. The average molecular weight is 345 g/mol. The minimum atomic E-state index is 0.197. The highest BCUT2D eigenvalue weighted by atomic mass is 32.1. The fourth-order valence-electron chi connectivity index (χ4n) is 2.74. The van der Waals surface area contributed by atoms with Gasteiger partial charge in [0.25, 0.3) is 5.89 Å². The maximum absolute atomic E-state index is 5.85. The second-order valence-electron chi connectivity index (χ2n) is 6.19. The highest BCUT2D eigenvalue weighted by Gasteiger charge is 2.20. The standard InChI is InChI=1S/C17H23N5OS/c1-10-7-8-14(22(10)6)17-20-19-15(23-17)9-21(5)11(2)16-12(3)24-13(4)18-16/h7-8,11H,9H2,1-6H3. The normalized spacial score (nSPS) is 13.0. The third-order valence-electron chi connectivity index (χ3n) is 4.44. The number of thiazole rings is 1. The van der Waals surface area contributed by atoms with Crippen LogP contribution in [0.1, 0.15) is 40.1 Å². The molecule has 24 heavy (non-hydrogen) atoms. The van der Waals surface area contributed by atoms with Gasteiger partial charge >= 0.3 is 0 Å². The van der Waals surface area contributed by atoms with E-state index in [1.54, 1.807) is 11.3 Å². The van der Waals surface area contributed by atoms with Gasteiger partial charge in [-0.2, -0.15) is 0 Å². The number of hydrogen-bond donors (Lipinski definition) is 0.